The van der Waals surface area contributed by atoms with Crippen molar-refractivity contribution in [1.82, 2.24) is 15.0 Å². The van der Waals surface area contributed by atoms with Gasteiger partial charge in [-0.25, -0.2) is 4.98 Å². The first-order valence-electron chi connectivity index (χ1n) is 7.29. The van der Waals surface area contributed by atoms with Gasteiger partial charge in [-0.2, -0.15) is 18.2 Å². The molecule has 0 unspecified atom stereocenters. The molecule has 1 aromatic carbocycles. The highest BCUT2D eigenvalue weighted by molar-refractivity contribution is 5.87. The van der Waals surface area contributed by atoms with Gasteiger partial charge in [0.1, 0.15) is 5.82 Å². The fourth-order valence-corrected chi connectivity index (χ4v) is 2.45. The molecule has 2 heterocycles. The quantitative estimate of drug-likeness (QED) is 0.739. The molecule has 128 valence electrons. The largest absolute Gasteiger partial charge is 0.416 e. The highest BCUT2D eigenvalue weighted by Gasteiger charge is 2.31. The van der Waals surface area contributed by atoms with E-state index in [1.54, 1.807) is 18.3 Å². The summed E-state index contributed by atoms with van der Waals surface area (Å²) < 4.78 is 39.1. The Kier molecular flexibility index (Phi) is 4.03. The van der Waals surface area contributed by atoms with Gasteiger partial charge in [-0.3, -0.25) is 4.98 Å². The van der Waals surface area contributed by atoms with E-state index in [0.29, 0.717) is 11.1 Å². The van der Waals surface area contributed by atoms with E-state index in [1.807, 2.05) is 6.92 Å². The first-order valence-corrected chi connectivity index (χ1v) is 7.29. The maximum atomic E-state index is 13.0. The van der Waals surface area contributed by atoms with Gasteiger partial charge < -0.3 is 11.5 Å². The molecule has 5 nitrogen and oxygen atoms in total. The third-order valence-corrected chi connectivity index (χ3v) is 3.62. The highest BCUT2D eigenvalue weighted by Crippen LogP contribution is 2.37. The van der Waals surface area contributed by atoms with E-state index in [4.69, 9.17) is 11.5 Å². The minimum atomic E-state index is -4.47. The summed E-state index contributed by atoms with van der Waals surface area (Å²) in [4.78, 5) is 12.2. The number of halogens is 3. The number of aryl methyl sites for hydroxylation is 1. The van der Waals surface area contributed by atoms with Crippen LogP contribution in [0.2, 0.25) is 0 Å². The molecule has 0 aliphatic rings. The third kappa shape index (κ3) is 3.37. The Morgan fingerprint density at radius 3 is 2.36 bits per heavy atom. The van der Waals surface area contributed by atoms with Gasteiger partial charge in [0.2, 0.25) is 5.95 Å². The maximum Gasteiger partial charge on any atom is 0.416 e. The molecule has 0 fully saturated rings. The van der Waals surface area contributed by atoms with Crippen LogP contribution >= 0.6 is 0 Å². The molecular formula is C17H14F3N5. The number of aromatic nitrogens is 3. The highest BCUT2D eigenvalue weighted by atomic mass is 19.4. The predicted molar refractivity (Wildman–Crippen MR) is 89.3 cm³/mol. The zero-order chi connectivity index (χ0) is 18.2. The van der Waals surface area contributed by atoms with Crippen LogP contribution in [0.5, 0.6) is 0 Å². The van der Waals surface area contributed by atoms with Crippen molar-refractivity contribution in [3.05, 3.63) is 53.9 Å². The van der Waals surface area contributed by atoms with Crippen LogP contribution in [0.3, 0.4) is 0 Å². The zero-order valence-corrected chi connectivity index (χ0v) is 13.2. The first kappa shape index (κ1) is 16.7. The van der Waals surface area contributed by atoms with Gasteiger partial charge in [-0.15, -0.1) is 0 Å². The van der Waals surface area contributed by atoms with Gasteiger partial charge in [0.15, 0.2) is 0 Å². The molecule has 0 spiro atoms. The van der Waals surface area contributed by atoms with Crippen molar-refractivity contribution in [2.24, 2.45) is 0 Å². The van der Waals surface area contributed by atoms with Crippen molar-refractivity contribution >= 4 is 11.8 Å². The minimum absolute atomic E-state index is 0.0746. The van der Waals surface area contributed by atoms with Crippen LogP contribution in [-0.2, 0) is 6.18 Å². The fourth-order valence-electron chi connectivity index (χ4n) is 2.45. The first-order chi connectivity index (χ1) is 11.8. The zero-order valence-electron chi connectivity index (χ0n) is 13.2. The van der Waals surface area contributed by atoms with Gasteiger partial charge in [-0.1, -0.05) is 18.2 Å². The van der Waals surface area contributed by atoms with Crippen molar-refractivity contribution in [2.45, 2.75) is 13.1 Å². The number of alkyl halides is 3. The molecule has 0 aliphatic carbocycles. The Labute approximate surface area is 141 Å². The van der Waals surface area contributed by atoms with E-state index in [-0.39, 0.29) is 23.0 Å². The monoisotopic (exact) mass is 345 g/mol. The lowest BCUT2D eigenvalue weighted by atomic mass is 9.99. The van der Waals surface area contributed by atoms with Gasteiger partial charge in [0.05, 0.1) is 16.8 Å². The van der Waals surface area contributed by atoms with Gasteiger partial charge in [0, 0.05) is 23.0 Å². The van der Waals surface area contributed by atoms with Gasteiger partial charge in [0.25, 0.3) is 0 Å². The van der Waals surface area contributed by atoms with Crippen molar-refractivity contribution in [2.75, 3.05) is 11.5 Å². The standard InChI is InChI=1S/C17H14F3N5/c1-9-5-6-11(8-23-9)13-14(24-16(22)25-15(13)21)10-3-2-4-12(7-10)17(18,19)20/h2-8H,1H3,(H4,21,22,24,25). The van der Waals surface area contributed by atoms with Crippen molar-refractivity contribution in [1.29, 1.82) is 0 Å². The molecular weight excluding hydrogens is 331 g/mol. The normalized spacial score (nSPS) is 11.5. The maximum absolute atomic E-state index is 13.0. The average Bonchev–Trinajstić information content (AvgIpc) is 2.55. The second-order valence-corrected chi connectivity index (χ2v) is 5.46. The molecule has 0 saturated carbocycles. The molecule has 2 aromatic heterocycles. The second-order valence-electron chi connectivity index (χ2n) is 5.46. The summed E-state index contributed by atoms with van der Waals surface area (Å²) in [5.41, 5.74) is 13.1. The van der Waals surface area contributed by atoms with Crippen LogP contribution in [0.1, 0.15) is 11.3 Å². The fraction of sp³-hybridized carbons (Fsp3) is 0.118. The summed E-state index contributed by atoms with van der Waals surface area (Å²) >= 11 is 0. The molecule has 0 aliphatic heterocycles. The second kappa shape index (κ2) is 6.04. The summed E-state index contributed by atoms with van der Waals surface area (Å²) in [5, 5.41) is 0. The molecule has 4 N–H and O–H groups in total. The topological polar surface area (TPSA) is 90.7 Å². The molecule has 8 heteroatoms. The van der Waals surface area contributed by atoms with Gasteiger partial charge >= 0.3 is 6.18 Å². The van der Waals surface area contributed by atoms with Crippen LogP contribution in [0.15, 0.2) is 42.6 Å². The van der Waals surface area contributed by atoms with Crippen molar-refractivity contribution in [3.8, 4) is 22.4 Å². The smallest absolute Gasteiger partial charge is 0.383 e. The van der Waals surface area contributed by atoms with Crippen molar-refractivity contribution in [3.63, 3.8) is 0 Å². The van der Waals surface area contributed by atoms with E-state index in [0.717, 1.165) is 17.8 Å². The van der Waals surface area contributed by atoms with Crippen LogP contribution in [0.25, 0.3) is 22.4 Å². The van der Waals surface area contributed by atoms with E-state index < -0.39 is 11.7 Å². The summed E-state index contributed by atoms with van der Waals surface area (Å²) in [5.74, 6) is -0.0423. The molecule has 0 saturated heterocycles. The lowest BCUT2D eigenvalue weighted by molar-refractivity contribution is -0.137. The lowest BCUT2D eigenvalue weighted by Crippen LogP contribution is -2.07. The summed E-state index contributed by atoms with van der Waals surface area (Å²) in [6, 6.07) is 8.34. The molecule has 3 rings (SSSR count). The number of nitrogen functional groups attached to an aromatic ring is 2. The number of hydrogen-bond donors (Lipinski definition) is 2. The Bertz CT molecular complexity index is 921. The average molecular weight is 345 g/mol. The number of rotatable bonds is 2. The number of benzene rings is 1. The Balaban J connectivity index is 2.24. The number of hydrogen-bond acceptors (Lipinski definition) is 5. The van der Waals surface area contributed by atoms with Crippen LogP contribution < -0.4 is 11.5 Å². The van der Waals surface area contributed by atoms with Gasteiger partial charge in [-0.05, 0) is 25.1 Å². The van der Waals surface area contributed by atoms with Crippen LogP contribution in [0.4, 0.5) is 24.9 Å². The minimum Gasteiger partial charge on any atom is -0.383 e. The molecule has 0 radical (unpaired) electrons. The number of nitrogens with two attached hydrogens (primary N) is 2. The van der Waals surface area contributed by atoms with E-state index >= 15 is 0 Å². The number of anilines is 2. The van der Waals surface area contributed by atoms with E-state index in [9.17, 15) is 13.2 Å². The Hall–Kier alpha value is -3.16. The van der Waals surface area contributed by atoms with E-state index in [1.165, 1.54) is 12.1 Å². The molecule has 0 bridgehead atoms. The number of nitrogens with zero attached hydrogens (tertiary/aromatic N) is 3. The van der Waals surface area contributed by atoms with Crippen molar-refractivity contribution < 1.29 is 13.2 Å². The van der Waals surface area contributed by atoms with Crippen LogP contribution in [-0.4, -0.2) is 15.0 Å². The summed E-state index contributed by atoms with van der Waals surface area (Å²) in [6.07, 6.45) is -2.90. The third-order valence-electron chi connectivity index (χ3n) is 3.62. The number of pyridine rings is 1. The SMILES string of the molecule is Cc1ccc(-c2c(N)nc(N)nc2-c2cccc(C(F)(F)F)c2)cn1. The molecule has 3 aromatic rings. The molecule has 0 atom stereocenters. The summed E-state index contributed by atoms with van der Waals surface area (Å²) in [7, 11) is 0. The van der Waals surface area contributed by atoms with Crippen LogP contribution in [0, 0.1) is 6.92 Å². The molecule has 0 amide bonds. The Morgan fingerprint density at radius 1 is 0.960 bits per heavy atom. The van der Waals surface area contributed by atoms with E-state index in [2.05, 4.69) is 15.0 Å². The Morgan fingerprint density at radius 2 is 1.72 bits per heavy atom. The lowest BCUT2D eigenvalue weighted by Gasteiger charge is -2.14. The predicted octanol–water partition coefficient (Wildman–Crippen LogP) is 3.70. The molecule has 25 heavy (non-hydrogen) atoms. The summed E-state index contributed by atoms with van der Waals surface area (Å²) in [6.45, 7) is 1.82.